The largest absolute Gasteiger partial charge is 0.328 e. The summed E-state index contributed by atoms with van der Waals surface area (Å²) in [4.78, 5) is 4.43. The highest BCUT2D eigenvalue weighted by atomic mass is 15.3. The Morgan fingerprint density at radius 1 is 1.24 bits per heavy atom. The maximum absolute atomic E-state index is 8.61. The molecule has 6 nitrogen and oxygen atoms in total. The Kier molecular flexibility index (Phi) is 3.36. The molecule has 0 fully saturated rings. The third-order valence-electron chi connectivity index (χ3n) is 3.41. The van der Waals surface area contributed by atoms with Gasteiger partial charge in [-0.3, -0.25) is 5.43 Å². The molecule has 3 rings (SSSR count). The number of nitrogens with zero attached hydrogens (tertiary/aromatic N) is 5. The summed E-state index contributed by atoms with van der Waals surface area (Å²) < 4.78 is 2.24. The van der Waals surface area contributed by atoms with Crippen LogP contribution >= 0.6 is 0 Å². The minimum absolute atomic E-state index is 0.201. The minimum Gasteiger partial charge on any atom is -0.328 e. The van der Waals surface area contributed by atoms with Crippen molar-refractivity contribution in [1.82, 2.24) is 9.55 Å². The molecule has 21 heavy (non-hydrogen) atoms. The summed E-state index contributed by atoms with van der Waals surface area (Å²) in [5, 5.41) is 20.9. The van der Waals surface area contributed by atoms with E-state index in [1.807, 2.05) is 30.5 Å². The maximum atomic E-state index is 8.61. The van der Waals surface area contributed by atoms with Gasteiger partial charge in [-0.25, -0.2) is 4.98 Å². The molecule has 0 spiro atoms. The van der Waals surface area contributed by atoms with Crippen molar-refractivity contribution >= 4 is 11.4 Å². The lowest BCUT2D eigenvalue weighted by atomic mass is 10.1. The van der Waals surface area contributed by atoms with Crippen molar-refractivity contribution in [2.45, 2.75) is 19.4 Å². The number of nitriles is 2. The first-order chi connectivity index (χ1) is 10.3. The SMILES string of the molecule is N#CC(C#N)=NNc1ccc(-c2cnc3n2CCC3)cc1. The van der Waals surface area contributed by atoms with Gasteiger partial charge < -0.3 is 4.57 Å². The molecule has 1 aliphatic rings. The molecule has 0 saturated heterocycles. The molecular weight excluding hydrogens is 264 g/mol. The van der Waals surface area contributed by atoms with Gasteiger partial charge in [-0.15, -0.1) is 0 Å². The Morgan fingerprint density at radius 2 is 2.00 bits per heavy atom. The Labute approximate surface area is 122 Å². The van der Waals surface area contributed by atoms with Gasteiger partial charge in [0.05, 0.1) is 17.6 Å². The summed E-state index contributed by atoms with van der Waals surface area (Å²) in [5.74, 6) is 1.14. The predicted molar refractivity (Wildman–Crippen MR) is 78.3 cm³/mol. The van der Waals surface area contributed by atoms with Crippen molar-refractivity contribution in [3.05, 3.63) is 36.3 Å². The van der Waals surface area contributed by atoms with Gasteiger partial charge in [-0.2, -0.15) is 15.6 Å². The van der Waals surface area contributed by atoms with Crippen LogP contribution in [0, 0.1) is 22.7 Å². The fourth-order valence-electron chi connectivity index (χ4n) is 2.40. The number of aryl methyl sites for hydroxylation is 1. The van der Waals surface area contributed by atoms with E-state index in [4.69, 9.17) is 10.5 Å². The molecule has 1 N–H and O–H groups in total. The summed E-state index contributed by atoms with van der Waals surface area (Å²) in [6, 6.07) is 11.1. The molecule has 0 aliphatic carbocycles. The van der Waals surface area contributed by atoms with E-state index in [1.165, 1.54) is 0 Å². The van der Waals surface area contributed by atoms with E-state index in [2.05, 4.69) is 20.1 Å². The molecule has 102 valence electrons. The molecule has 2 aromatic rings. The van der Waals surface area contributed by atoms with Crippen molar-refractivity contribution in [3.8, 4) is 23.4 Å². The van der Waals surface area contributed by atoms with Crippen LogP contribution in [0.3, 0.4) is 0 Å². The van der Waals surface area contributed by atoms with Gasteiger partial charge in [-0.05, 0) is 24.1 Å². The lowest BCUT2D eigenvalue weighted by molar-refractivity contribution is 0.756. The quantitative estimate of drug-likeness (QED) is 0.688. The van der Waals surface area contributed by atoms with Crippen LogP contribution in [0.25, 0.3) is 11.3 Å². The van der Waals surface area contributed by atoms with Crippen LogP contribution in [0.15, 0.2) is 35.6 Å². The first-order valence-corrected chi connectivity index (χ1v) is 6.60. The standard InChI is InChI=1S/C15H12N6/c16-8-13(9-17)20-19-12-5-3-11(4-6-12)14-10-18-15-2-1-7-21(14)15/h3-6,10,19H,1-2,7H2. The van der Waals surface area contributed by atoms with Crippen molar-refractivity contribution in [3.63, 3.8) is 0 Å². The van der Waals surface area contributed by atoms with E-state index in [0.717, 1.165) is 42.2 Å². The van der Waals surface area contributed by atoms with Crippen LogP contribution in [0.2, 0.25) is 0 Å². The third-order valence-corrected chi connectivity index (χ3v) is 3.41. The van der Waals surface area contributed by atoms with E-state index >= 15 is 0 Å². The highest BCUT2D eigenvalue weighted by molar-refractivity contribution is 6.10. The number of imidazole rings is 1. The molecule has 1 aromatic heterocycles. The second-order valence-corrected chi connectivity index (χ2v) is 4.69. The van der Waals surface area contributed by atoms with Crippen LogP contribution in [-0.4, -0.2) is 15.3 Å². The molecule has 0 saturated carbocycles. The van der Waals surface area contributed by atoms with E-state index in [-0.39, 0.29) is 5.71 Å². The zero-order valence-electron chi connectivity index (χ0n) is 11.2. The summed E-state index contributed by atoms with van der Waals surface area (Å²) in [6.45, 7) is 1.02. The van der Waals surface area contributed by atoms with E-state index in [0.29, 0.717) is 0 Å². The van der Waals surface area contributed by atoms with Crippen LogP contribution in [0.4, 0.5) is 5.69 Å². The number of hydrogen-bond acceptors (Lipinski definition) is 5. The van der Waals surface area contributed by atoms with Gasteiger partial charge in [-0.1, -0.05) is 12.1 Å². The molecule has 0 bridgehead atoms. The number of hydrazone groups is 1. The van der Waals surface area contributed by atoms with Crippen molar-refractivity contribution < 1.29 is 0 Å². The molecule has 0 radical (unpaired) electrons. The number of aromatic nitrogens is 2. The highest BCUT2D eigenvalue weighted by Gasteiger charge is 2.16. The Bertz CT molecular complexity index is 754. The molecule has 1 aromatic carbocycles. The lowest BCUT2D eigenvalue weighted by Gasteiger charge is -2.06. The van der Waals surface area contributed by atoms with Gasteiger partial charge in [0, 0.05) is 13.0 Å². The first-order valence-electron chi connectivity index (χ1n) is 6.60. The van der Waals surface area contributed by atoms with Crippen LogP contribution < -0.4 is 5.43 Å². The van der Waals surface area contributed by atoms with Gasteiger partial charge in [0.2, 0.25) is 5.71 Å². The van der Waals surface area contributed by atoms with Gasteiger partial charge in [0.1, 0.15) is 18.0 Å². The van der Waals surface area contributed by atoms with Gasteiger partial charge >= 0.3 is 0 Å². The fourth-order valence-corrected chi connectivity index (χ4v) is 2.40. The van der Waals surface area contributed by atoms with Gasteiger partial charge in [0.15, 0.2) is 0 Å². The smallest absolute Gasteiger partial charge is 0.237 e. The summed E-state index contributed by atoms with van der Waals surface area (Å²) in [6.07, 6.45) is 4.09. The number of nitrogens with one attached hydrogen (secondary N) is 1. The van der Waals surface area contributed by atoms with Crippen molar-refractivity contribution in [2.24, 2.45) is 5.10 Å². The molecule has 2 heterocycles. The molecule has 6 heteroatoms. The van der Waals surface area contributed by atoms with Crippen LogP contribution in [0.1, 0.15) is 12.2 Å². The number of hydrogen-bond donors (Lipinski definition) is 1. The molecule has 0 atom stereocenters. The average Bonchev–Trinajstić information content (AvgIpc) is 3.12. The monoisotopic (exact) mass is 276 g/mol. The first kappa shape index (κ1) is 12.9. The summed E-state index contributed by atoms with van der Waals surface area (Å²) in [5.41, 5.74) is 5.42. The van der Waals surface area contributed by atoms with Gasteiger partial charge in [0.25, 0.3) is 0 Å². The van der Waals surface area contributed by atoms with Crippen molar-refractivity contribution in [1.29, 1.82) is 10.5 Å². The molecule has 1 aliphatic heterocycles. The zero-order chi connectivity index (χ0) is 14.7. The highest BCUT2D eigenvalue weighted by Crippen LogP contribution is 2.26. The molecule has 0 amide bonds. The number of benzene rings is 1. The average molecular weight is 276 g/mol. The summed E-state index contributed by atoms with van der Waals surface area (Å²) in [7, 11) is 0. The molecule has 0 unspecified atom stereocenters. The predicted octanol–water partition coefficient (Wildman–Crippen LogP) is 2.31. The normalized spacial score (nSPS) is 12.1. The zero-order valence-corrected chi connectivity index (χ0v) is 11.2. The third kappa shape index (κ3) is 2.47. The van der Waals surface area contributed by atoms with Crippen LogP contribution in [0.5, 0.6) is 0 Å². The van der Waals surface area contributed by atoms with Crippen molar-refractivity contribution in [2.75, 3.05) is 5.43 Å². The fraction of sp³-hybridized carbons (Fsp3) is 0.200. The number of anilines is 1. The summed E-state index contributed by atoms with van der Waals surface area (Å²) >= 11 is 0. The van der Waals surface area contributed by atoms with Crippen LogP contribution in [-0.2, 0) is 13.0 Å². The Hall–Kier alpha value is -3.12. The second-order valence-electron chi connectivity index (χ2n) is 4.69. The maximum Gasteiger partial charge on any atom is 0.237 e. The number of rotatable bonds is 3. The van der Waals surface area contributed by atoms with E-state index in [1.54, 1.807) is 12.1 Å². The van der Waals surface area contributed by atoms with E-state index in [9.17, 15) is 0 Å². The molecular formula is C15H12N6. The topological polar surface area (TPSA) is 89.8 Å². The lowest BCUT2D eigenvalue weighted by Crippen LogP contribution is -1.97. The Morgan fingerprint density at radius 3 is 2.71 bits per heavy atom. The second kappa shape index (κ2) is 5.48. The Balaban J connectivity index is 1.80. The van der Waals surface area contributed by atoms with E-state index < -0.39 is 0 Å². The minimum atomic E-state index is -0.201. The number of fused-ring (bicyclic) bond motifs is 1.